The molecule has 0 bridgehead atoms. The fourth-order valence-electron chi connectivity index (χ4n) is 1.68. The highest BCUT2D eigenvalue weighted by atomic mass is 35.5. The maximum Gasteiger partial charge on any atom is 0.243 e. The molecule has 5 heteroatoms. The highest BCUT2D eigenvalue weighted by Gasteiger charge is 2.15. The quantitative estimate of drug-likeness (QED) is 0.897. The highest BCUT2D eigenvalue weighted by Crippen LogP contribution is 2.22. The summed E-state index contributed by atoms with van der Waals surface area (Å²) < 4.78 is 5.19. The predicted octanol–water partition coefficient (Wildman–Crippen LogP) is 3.58. The van der Waals surface area contributed by atoms with E-state index in [0.717, 1.165) is 24.8 Å². The van der Waals surface area contributed by atoms with Gasteiger partial charge in [0.2, 0.25) is 11.7 Å². The molecule has 1 aromatic carbocycles. The van der Waals surface area contributed by atoms with E-state index in [-0.39, 0.29) is 6.04 Å². The lowest BCUT2D eigenvalue weighted by molar-refractivity contribution is 0.346. The van der Waals surface area contributed by atoms with E-state index < -0.39 is 0 Å². The van der Waals surface area contributed by atoms with Crippen molar-refractivity contribution in [1.82, 2.24) is 10.1 Å². The van der Waals surface area contributed by atoms with Crippen molar-refractivity contribution >= 4 is 11.6 Å². The van der Waals surface area contributed by atoms with Crippen LogP contribution in [0.1, 0.15) is 38.1 Å². The van der Waals surface area contributed by atoms with E-state index in [1.165, 1.54) is 0 Å². The molecule has 1 atom stereocenters. The van der Waals surface area contributed by atoms with Crippen molar-refractivity contribution in [3.05, 3.63) is 35.2 Å². The first kappa shape index (κ1) is 13.1. The van der Waals surface area contributed by atoms with Crippen molar-refractivity contribution in [3.63, 3.8) is 0 Å². The molecule has 0 unspecified atom stereocenters. The van der Waals surface area contributed by atoms with Gasteiger partial charge in [-0.25, -0.2) is 0 Å². The molecule has 2 aromatic rings. The van der Waals surface area contributed by atoms with E-state index in [0.29, 0.717) is 16.7 Å². The third-order valence-electron chi connectivity index (χ3n) is 2.71. The first-order valence-electron chi connectivity index (χ1n) is 6.06. The molecular weight excluding hydrogens is 250 g/mol. The molecule has 0 radical (unpaired) electrons. The van der Waals surface area contributed by atoms with Gasteiger partial charge in [-0.3, -0.25) is 0 Å². The first-order chi connectivity index (χ1) is 8.70. The van der Waals surface area contributed by atoms with Gasteiger partial charge in [-0.05, 0) is 18.6 Å². The van der Waals surface area contributed by atoms with Gasteiger partial charge in [0.15, 0.2) is 0 Å². The molecule has 4 nitrogen and oxygen atoms in total. The van der Waals surface area contributed by atoms with E-state index in [1.54, 1.807) is 12.1 Å². The van der Waals surface area contributed by atoms with Crippen molar-refractivity contribution in [3.8, 4) is 11.4 Å². The van der Waals surface area contributed by atoms with Crippen LogP contribution in [0.25, 0.3) is 11.4 Å². The van der Waals surface area contributed by atoms with Crippen molar-refractivity contribution in [2.75, 3.05) is 0 Å². The Hall–Kier alpha value is -1.39. The number of benzene rings is 1. The van der Waals surface area contributed by atoms with Gasteiger partial charge in [-0.15, -0.1) is 0 Å². The molecule has 0 amide bonds. The van der Waals surface area contributed by atoms with Gasteiger partial charge in [0.05, 0.1) is 6.04 Å². The lowest BCUT2D eigenvalue weighted by Gasteiger charge is -2.03. The number of aromatic nitrogens is 2. The summed E-state index contributed by atoms with van der Waals surface area (Å²) in [4.78, 5) is 4.31. The largest absolute Gasteiger partial charge is 0.337 e. The molecule has 0 aliphatic heterocycles. The second kappa shape index (κ2) is 5.98. The van der Waals surface area contributed by atoms with Crippen molar-refractivity contribution < 1.29 is 4.52 Å². The zero-order chi connectivity index (χ0) is 13.0. The van der Waals surface area contributed by atoms with Crippen LogP contribution in [0, 0.1) is 0 Å². The van der Waals surface area contributed by atoms with Gasteiger partial charge in [-0.2, -0.15) is 4.98 Å². The Morgan fingerprint density at radius 2 is 2.28 bits per heavy atom. The Balaban J connectivity index is 2.15. The number of hydrogen-bond donors (Lipinski definition) is 1. The zero-order valence-electron chi connectivity index (χ0n) is 10.3. The SMILES string of the molecule is CCCC[C@H](N)c1nc(-c2cccc(Cl)c2)no1. The predicted molar refractivity (Wildman–Crippen MR) is 71.2 cm³/mol. The molecule has 96 valence electrons. The van der Waals surface area contributed by atoms with E-state index in [9.17, 15) is 0 Å². The average molecular weight is 266 g/mol. The Morgan fingerprint density at radius 1 is 1.44 bits per heavy atom. The van der Waals surface area contributed by atoms with E-state index in [1.807, 2.05) is 12.1 Å². The molecule has 2 rings (SSSR count). The summed E-state index contributed by atoms with van der Waals surface area (Å²) in [6.45, 7) is 2.12. The lowest BCUT2D eigenvalue weighted by atomic mass is 10.1. The Kier molecular flexibility index (Phi) is 4.33. The van der Waals surface area contributed by atoms with Crippen LogP contribution in [0.3, 0.4) is 0 Å². The van der Waals surface area contributed by atoms with Crippen LogP contribution in [0.2, 0.25) is 5.02 Å². The first-order valence-corrected chi connectivity index (χ1v) is 6.43. The number of rotatable bonds is 5. The summed E-state index contributed by atoms with van der Waals surface area (Å²) >= 11 is 5.92. The van der Waals surface area contributed by atoms with E-state index in [2.05, 4.69) is 17.1 Å². The number of nitrogens with zero attached hydrogens (tertiary/aromatic N) is 2. The normalized spacial score (nSPS) is 12.6. The minimum absolute atomic E-state index is 0.189. The van der Waals surface area contributed by atoms with Crippen LogP contribution in [0.5, 0.6) is 0 Å². The molecular formula is C13H16ClN3O. The zero-order valence-corrected chi connectivity index (χ0v) is 11.0. The minimum atomic E-state index is -0.189. The topological polar surface area (TPSA) is 64.9 Å². The summed E-state index contributed by atoms with van der Waals surface area (Å²) in [5.41, 5.74) is 6.81. The molecule has 1 aromatic heterocycles. The number of hydrogen-bond acceptors (Lipinski definition) is 4. The molecule has 0 aliphatic rings. The van der Waals surface area contributed by atoms with Gasteiger partial charge >= 0.3 is 0 Å². The highest BCUT2D eigenvalue weighted by molar-refractivity contribution is 6.30. The maximum absolute atomic E-state index is 5.98. The van der Waals surface area contributed by atoms with Crippen molar-refractivity contribution in [1.29, 1.82) is 0 Å². The molecule has 0 fully saturated rings. The summed E-state index contributed by atoms with van der Waals surface area (Å²) in [6, 6.07) is 7.15. The summed E-state index contributed by atoms with van der Waals surface area (Å²) in [5.74, 6) is 1.01. The van der Waals surface area contributed by atoms with Gasteiger partial charge in [0.1, 0.15) is 0 Å². The van der Waals surface area contributed by atoms with Crippen LogP contribution in [0.15, 0.2) is 28.8 Å². The molecule has 0 aliphatic carbocycles. The second-order valence-electron chi connectivity index (χ2n) is 4.22. The molecule has 0 saturated carbocycles. The fraction of sp³-hybridized carbons (Fsp3) is 0.385. The average Bonchev–Trinajstić information content (AvgIpc) is 2.85. The van der Waals surface area contributed by atoms with Crippen LogP contribution in [-0.4, -0.2) is 10.1 Å². The Bertz CT molecular complexity index is 512. The van der Waals surface area contributed by atoms with Crippen molar-refractivity contribution in [2.24, 2.45) is 5.73 Å². The van der Waals surface area contributed by atoms with Crippen molar-refractivity contribution in [2.45, 2.75) is 32.2 Å². The van der Waals surface area contributed by atoms with E-state index >= 15 is 0 Å². The molecule has 2 N–H and O–H groups in total. The van der Waals surface area contributed by atoms with Crippen LogP contribution in [-0.2, 0) is 0 Å². The number of unbranched alkanes of at least 4 members (excludes halogenated alkanes) is 1. The minimum Gasteiger partial charge on any atom is -0.337 e. The molecule has 18 heavy (non-hydrogen) atoms. The third-order valence-corrected chi connectivity index (χ3v) is 2.95. The fourth-order valence-corrected chi connectivity index (χ4v) is 1.87. The van der Waals surface area contributed by atoms with Gasteiger partial charge in [0.25, 0.3) is 0 Å². The lowest BCUT2D eigenvalue weighted by Crippen LogP contribution is -2.10. The Morgan fingerprint density at radius 3 is 3.00 bits per heavy atom. The second-order valence-corrected chi connectivity index (χ2v) is 4.65. The number of nitrogens with two attached hydrogens (primary N) is 1. The van der Waals surface area contributed by atoms with Crippen LogP contribution in [0.4, 0.5) is 0 Å². The Labute approximate surface area is 111 Å². The molecule has 1 heterocycles. The van der Waals surface area contributed by atoms with Crippen LogP contribution < -0.4 is 5.73 Å². The van der Waals surface area contributed by atoms with Gasteiger partial charge in [-0.1, -0.05) is 48.7 Å². The third kappa shape index (κ3) is 3.09. The van der Waals surface area contributed by atoms with Gasteiger partial charge < -0.3 is 10.3 Å². The number of halogens is 1. The smallest absolute Gasteiger partial charge is 0.243 e. The summed E-state index contributed by atoms with van der Waals surface area (Å²) in [6.07, 6.45) is 3.01. The maximum atomic E-state index is 5.98. The monoisotopic (exact) mass is 265 g/mol. The van der Waals surface area contributed by atoms with Gasteiger partial charge in [0, 0.05) is 10.6 Å². The van der Waals surface area contributed by atoms with E-state index in [4.69, 9.17) is 21.9 Å². The standard InChI is InChI=1S/C13H16ClN3O/c1-2-3-7-11(15)13-16-12(17-18-13)9-5-4-6-10(14)8-9/h4-6,8,11H,2-3,7,15H2,1H3/t11-/m0/s1. The summed E-state index contributed by atoms with van der Waals surface area (Å²) in [7, 11) is 0. The molecule has 0 saturated heterocycles. The summed E-state index contributed by atoms with van der Waals surface area (Å²) in [5, 5.41) is 4.58. The molecule has 0 spiro atoms. The van der Waals surface area contributed by atoms with Crippen LogP contribution >= 0.6 is 11.6 Å².